The third-order valence-corrected chi connectivity index (χ3v) is 7.02. The van der Waals surface area contributed by atoms with E-state index in [-0.39, 0.29) is 10.7 Å². The lowest BCUT2D eigenvalue weighted by molar-refractivity contribution is -0.188. The topological polar surface area (TPSA) is 175 Å². The van der Waals surface area contributed by atoms with Gasteiger partial charge in [0, 0.05) is 18.7 Å². The van der Waals surface area contributed by atoms with E-state index in [1.165, 1.54) is 42.1 Å². The lowest BCUT2D eigenvalue weighted by atomic mass is 9.96. The molecule has 1 amide bonds. The zero-order valence-corrected chi connectivity index (χ0v) is 20.0. The first-order chi connectivity index (χ1) is 17.2. The molecule has 5 atom stereocenters. The standard InChI is InChI=1S/C23H27N5O7S/c1-14(30)25-20-22(32)21(31)18(13-29)35-23(20)26-15-7-9-17(10-8-15)36(33,34)27-19-11-12-24-28(19)16-5-3-2-4-6-16/h2-12,18,20-23,26-27,29,31-32H,13H2,1H3,(H,25,30). The minimum atomic E-state index is -3.95. The number of aliphatic hydroxyl groups is 3. The number of ether oxygens (including phenoxy) is 1. The van der Waals surface area contributed by atoms with Gasteiger partial charge in [-0.3, -0.25) is 9.52 Å². The fraction of sp³-hybridized carbons (Fsp3) is 0.304. The molecule has 0 radical (unpaired) electrons. The number of aliphatic hydroxyl groups excluding tert-OH is 3. The van der Waals surface area contributed by atoms with Gasteiger partial charge in [-0.05, 0) is 36.4 Å². The maximum Gasteiger partial charge on any atom is 0.263 e. The quantitative estimate of drug-likeness (QED) is 0.241. The van der Waals surface area contributed by atoms with Crippen LogP contribution in [0, 0.1) is 0 Å². The second kappa shape index (κ2) is 10.6. The summed E-state index contributed by atoms with van der Waals surface area (Å²) in [7, 11) is -3.95. The summed E-state index contributed by atoms with van der Waals surface area (Å²) >= 11 is 0. The van der Waals surface area contributed by atoms with E-state index in [2.05, 4.69) is 20.5 Å². The van der Waals surface area contributed by atoms with E-state index in [0.717, 1.165) is 0 Å². The van der Waals surface area contributed by atoms with E-state index in [4.69, 9.17) is 4.74 Å². The summed E-state index contributed by atoms with van der Waals surface area (Å²) in [5.41, 5.74) is 1.11. The number of carbonyl (C=O) groups excluding carboxylic acids is 1. The van der Waals surface area contributed by atoms with Gasteiger partial charge in [0.2, 0.25) is 5.91 Å². The van der Waals surface area contributed by atoms with Crippen molar-refractivity contribution in [1.82, 2.24) is 15.1 Å². The first kappa shape index (κ1) is 25.6. The third kappa shape index (κ3) is 5.50. The summed E-state index contributed by atoms with van der Waals surface area (Å²) in [5.74, 6) is -0.189. The highest BCUT2D eigenvalue weighted by atomic mass is 32.2. The van der Waals surface area contributed by atoms with Crippen LogP contribution in [0.5, 0.6) is 0 Å². The number of carbonyl (C=O) groups is 1. The molecule has 1 aliphatic rings. The number of aromatic nitrogens is 2. The molecule has 0 bridgehead atoms. The van der Waals surface area contributed by atoms with Gasteiger partial charge in [-0.25, -0.2) is 13.1 Å². The number of nitrogens with zero attached hydrogens (tertiary/aromatic N) is 2. The molecule has 12 nitrogen and oxygen atoms in total. The van der Waals surface area contributed by atoms with Crippen LogP contribution < -0.4 is 15.4 Å². The maximum atomic E-state index is 13.0. The molecule has 3 aromatic rings. The number of sulfonamides is 1. The molecule has 13 heteroatoms. The molecule has 2 heterocycles. The van der Waals surface area contributed by atoms with E-state index in [0.29, 0.717) is 11.4 Å². The monoisotopic (exact) mass is 517 g/mol. The van der Waals surface area contributed by atoms with Gasteiger partial charge >= 0.3 is 0 Å². The molecule has 6 N–H and O–H groups in total. The van der Waals surface area contributed by atoms with E-state index >= 15 is 0 Å². The Kier molecular flexibility index (Phi) is 7.56. The lowest BCUT2D eigenvalue weighted by Gasteiger charge is -2.43. The Labute approximate surface area is 207 Å². The molecule has 0 saturated carbocycles. The first-order valence-electron chi connectivity index (χ1n) is 11.1. The van der Waals surface area contributed by atoms with E-state index < -0.39 is 53.1 Å². The SMILES string of the molecule is CC(=O)NC1C(Nc2ccc(S(=O)(=O)Nc3ccnn3-c3ccccc3)cc2)OC(CO)C(O)C1O. The lowest BCUT2D eigenvalue weighted by Crippen LogP contribution is -2.65. The van der Waals surface area contributed by atoms with Crippen LogP contribution in [0.25, 0.3) is 5.69 Å². The van der Waals surface area contributed by atoms with Crippen molar-refractivity contribution < 1.29 is 33.3 Å². The van der Waals surface area contributed by atoms with Crippen molar-refractivity contribution in [1.29, 1.82) is 0 Å². The van der Waals surface area contributed by atoms with Gasteiger partial charge in [0.25, 0.3) is 10.0 Å². The average Bonchev–Trinajstić information content (AvgIpc) is 3.31. The fourth-order valence-electron chi connectivity index (χ4n) is 3.88. The Balaban J connectivity index is 1.50. The molecule has 0 spiro atoms. The van der Waals surface area contributed by atoms with Crippen LogP contribution in [-0.2, 0) is 19.6 Å². The van der Waals surface area contributed by atoms with Crippen molar-refractivity contribution in [2.24, 2.45) is 0 Å². The van der Waals surface area contributed by atoms with Crippen LogP contribution in [0.1, 0.15) is 6.92 Å². The average molecular weight is 518 g/mol. The molecule has 36 heavy (non-hydrogen) atoms. The normalized spacial score (nSPS) is 24.2. The van der Waals surface area contributed by atoms with Crippen LogP contribution in [0.4, 0.5) is 11.5 Å². The predicted octanol–water partition coefficient (Wildman–Crippen LogP) is 0.0287. The molecule has 2 aromatic carbocycles. The van der Waals surface area contributed by atoms with Crippen molar-refractivity contribution in [3.8, 4) is 5.69 Å². The Morgan fingerprint density at radius 2 is 1.75 bits per heavy atom. The van der Waals surface area contributed by atoms with Gasteiger partial charge < -0.3 is 30.7 Å². The highest BCUT2D eigenvalue weighted by Crippen LogP contribution is 2.25. The smallest absolute Gasteiger partial charge is 0.263 e. The van der Waals surface area contributed by atoms with Crippen molar-refractivity contribution in [2.75, 3.05) is 16.6 Å². The molecule has 0 aliphatic carbocycles. The Morgan fingerprint density at radius 3 is 2.39 bits per heavy atom. The van der Waals surface area contributed by atoms with Crippen molar-refractivity contribution in [3.63, 3.8) is 0 Å². The Morgan fingerprint density at radius 1 is 1.06 bits per heavy atom. The molecule has 5 unspecified atom stereocenters. The largest absolute Gasteiger partial charge is 0.394 e. The number of anilines is 2. The van der Waals surface area contributed by atoms with Crippen molar-refractivity contribution in [2.45, 2.75) is 42.4 Å². The zero-order valence-electron chi connectivity index (χ0n) is 19.2. The van der Waals surface area contributed by atoms with Gasteiger partial charge in [-0.15, -0.1) is 0 Å². The van der Waals surface area contributed by atoms with Gasteiger partial charge in [-0.1, -0.05) is 18.2 Å². The number of benzene rings is 2. The second-order valence-corrected chi connectivity index (χ2v) is 9.91. The summed E-state index contributed by atoms with van der Waals surface area (Å²) in [4.78, 5) is 11.6. The number of para-hydroxylation sites is 1. The molecule has 1 aromatic heterocycles. The van der Waals surface area contributed by atoms with Crippen molar-refractivity contribution >= 4 is 27.4 Å². The Hall–Kier alpha value is -3.49. The summed E-state index contributed by atoms with van der Waals surface area (Å²) in [6, 6.07) is 15.3. The maximum absolute atomic E-state index is 13.0. The number of amides is 1. The first-order valence-corrected chi connectivity index (χ1v) is 12.6. The van der Waals surface area contributed by atoms with Gasteiger partial charge in [0.15, 0.2) is 6.23 Å². The molecular formula is C23H27N5O7S. The number of hydrogen-bond donors (Lipinski definition) is 6. The number of hydrogen-bond acceptors (Lipinski definition) is 9. The van der Waals surface area contributed by atoms with E-state index in [1.54, 1.807) is 18.2 Å². The third-order valence-electron chi connectivity index (χ3n) is 5.65. The molecule has 1 fully saturated rings. The van der Waals surface area contributed by atoms with Crippen LogP contribution in [0.15, 0.2) is 71.8 Å². The highest BCUT2D eigenvalue weighted by Gasteiger charge is 2.44. The second-order valence-electron chi connectivity index (χ2n) is 8.22. The van der Waals surface area contributed by atoms with Crippen LogP contribution in [-0.4, -0.2) is 76.6 Å². The zero-order chi connectivity index (χ0) is 25.9. The summed E-state index contributed by atoms with van der Waals surface area (Å²) in [6.45, 7) is 0.705. The number of rotatable bonds is 8. The van der Waals surface area contributed by atoms with Gasteiger partial charge in [-0.2, -0.15) is 5.10 Å². The molecule has 192 valence electrons. The predicted molar refractivity (Wildman–Crippen MR) is 130 cm³/mol. The molecule has 1 aliphatic heterocycles. The van der Waals surface area contributed by atoms with Gasteiger partial charge in [0.05, 0.1) is 23.4 Å². The van der Waals surface area contributed by atoms with Crippen molar-refractivity contribution in [3.05, 3.63) is 66.9 Å². The van der Waals surface area contributed by atoms with E-state index in [1.807, 2.05) is 18.2 Å². The highest BCUT2D eigenvalue weighted by molar-refractivity contribution is 7.92. The minimum absolute atomic E-state index is 0.0134. The van der Waals surface area contributed by atoms with Crippen LogP contribution in [0.2, 0.25) is 0 Å². The van der Waals surface area contributed by atoms with E-state index in [9.17, 15) is 28.5 Å². The van der Waals surface area contributed by atoms with Crippen LogP contribution >= 0.6 is 0 Å². The summed E-state index contributed by atoms with van der Waals surface area (Å²) in [6.07, 6.45) is -3.42. The number of nitrogens with one attached hydrogen (secondary N) is 3. The fourth-order valence-corrected chi connectivity index (χ4v) is 4.92. The minimum Gasteiger partial charge on any atom is -0.394 e. The Bertz CT molecular complexity index is 1280. The summed E-state index contributed by atoms with van der Waals surface area (Å²) in [5, 5.41) is 39.7. The van der Waals surface area contributed by atoms with Crippen LogP contribution in [0.3, 0.4) is 0 Å². The molecule has 1 saturated heterocycles. The molecular weight excluding hydrogens is 490 g/mol. The molecule has 4 rings (SSSR count). The van der Waals surface area contributed by atoms with Gasteiger partial charge in [0.1, 0.15) is 30.2 Å². The summed E-state index contributed by atoms with van der Waals surface area (Å²) < 4.78 is 35.6.